The molecule has 5 nitrogen and oxygen atoms in total. The highest BCUT2D eigenvalue weighted by molar-refractivity contribution is 7.92. The van der Waals surface area contributed by atoms with Crippen LogP contribution in [0.3, 0.4) is 0 Å². The maximum Gasteiger partial charge on any atom is 0.262 e. The Kier molecular flexibility index (Phi) is 7.73. The first-order valence-corrected chi connectivity index (χ1v) is 11.9. The van der Waals surface area contributed by atoms with Gasteiger partial charge < -0.3 is 9.64 Å². The van der Waals surface area contributed by atoms with Crippen LogP contribution >= 0.6 is 34.8 Å². The third kappa shape index (κ3) is 6.05. The number of nitrogens with one attached hydrogen (secondary N) is 1. The topological polar surface area (TPSA) is 58.6 Å². The first-order valence-electron chi connectivity index (χ1n) is 9.32. The van der Waals surface area contributed by atoms with Crippen LogP contribution < -0.4 is 9.46 Å². The van der Waals surface area contributed by atoms with Crippen molar-refractivity contribution in [2.45, 2.75) is 4.90 Å². The second-order valence-electron chi connectivity index (χ2n) is 7.03. The van der Waals surface area contributed by atoms with E-state index in [2.05, 4.69) is 4.72 Å². The van der Waals surface area contributed by atoms with E-state index in [1.54, 1.807) is 54.6 Å². The van der Waals surface area contributed by atoms with E-state index in [9.17, 15) is 8.42 Å². The Balaban J connectivity index is 1.91. The minimum absolute atomic E-state index is 0.110. The van der Waals surface area contributed by atoms with Crippen molar-refractivity contribution in [3.63, 3.8) is 0 Å². The number of hydrogen-bond donors (Lipinski definition) is 1. The van der Waals surface area contributed by atoms with Gasteiger partial charge in [0.1, 0.15) is 12.4 Å². The van der Waals surface area contributed by atoms with E-state index in [4.69, 9.17) is 39.5 Å². The standard InChI is InChI=1S/C22H21Cl3N2O3S/c1-27(2)11-12-30-21-14-16(8-10-19(21)24)26-31(28,29)22-6-4-3-5-17(22)15-7-9-18(23)20(25)13-15/h3-10,13-14,26H,11-12H2,1-2H3. The summed E-state index contributed by atoms with van der Waals surface area (Å²) < 4.78 is 34.7. The van der Waals surface area contributed by atoms with Gasteiger partial charge in [-0.15, -0.1) is 0 Å². The van der Waals surface area contributed by atoms with E-state index in [1.165, 1.54) is 6.07 Å². The molecule has 31 heavy (non-hydrogen) atoms. The van der Waals surface area contributed by atoms with Crippen molar-refractivity contribution in [2.75, 3.05) is 32.0 Å². The molecule has 0 atom stereocenters. The zero-order valence-corrected chi connectivity index (χ0v) is 20.0. The quantitative estimate of drug-likeness (QED) is 0.409. The predicted octanol–water partition coefficient (Wildman–Crippen LogP) is 6.06. The van der Waals surface area contributed by atoms with E-state index < -0.39 is 10.0 Å². The second-order valence-corrected chi connectivity index (χ2v) is 9.90. The van der Waals surface area contributed by atoms with Crippen LogP contribution in [-0.4, -0.2) is 40.6 Å². The smallest absolute Gasteiger partial charge is 0.262 e. The summed E-state index contributed by atoms with van der Waals surface area (Å²) in [6.45, 7) is 1.12. The molecular weight excluding hydrogens is 479 g/mol. The van der Waals surface area contributed by atoms with Gasteiger partial charge in [0.15, 0.2) is 0 Å². The van der Waals surface area contributed by atoms with Crippen molar-refractivity contribution >= 4 is 50.5 Å². The summed E-state index contributed by atoms with van der Waals surface area (Å²) >= 11 is 18.3. The van der Waals surface area contributed by atoms with Gasteiger partial charge in [0.2, 0.25) is 0 Å². The van der Waals surface area contributed by atoms with Crippen LogP contribution in [0.2, 0.25) is 15.1 Å². The molecule has 3 aromatic carbocycles. The zero-order valence-electron chi connectivity index (χ0n) is 16.9. The number of likely N-dealkylation sites (N-methyl/N-ethyl adjacent to an activating group) is 1. The van der Waals surface area contributed by atoms with Crippen molar-refractivity contribution in [1.29, 1.82) is 0 Å². The number of ether oxygens (including phenoxy) is 1. The molecule has 0 saturated heterocycles. The van der Waals surface area contributed by atoms with Gasteiger partial charge in [0.25, 0.3) is 10.0 Å². The van der Waals surface area contributed by atoms with E-state index in [0.29, 0.717) is 50.8 Å². The lowest BCUT2D eigenvalue weighted by molar-refractivity contribution is 0.261. The highest BCUT2D eigenvalue weighted by Gasteiger charge is 2.20. The Morgan fingerprint density at radius 3 is 2.32 bits per heavy atom. The van der Waals surface area contributed by atoms with Gasteiger partial charge in [-0.3, -0.25) is 4.72 Å². The number of halogens is 3. The molecule has 0 aromatic heterocycles. The average molecular weight is 500 g/mol. The number of rotatable bonds is 8. The number of sulfonamides is 1. The summed E-state index contributed by atoms with van der Waals surface area (Å²) in [5.74, 6) is 0.404. The molecule has 9 heteroatoms. The molecule has 0 saturated carbocycles. The van der Waals surface area contributed by atoms with Gasteiger partial charge in [-0.25, -0.2) is 8.42 Å². The lowest BCUT2D eigenvalue weighted by Gasteiger charge is -2.15. The van der Waals surface area contributed by atoms with Crippen LogP contribution in [0, 0.1) is 0 Å². The van der Waals surface area contributed by atoms with Crippen LogP contribution in [0.15, 0.2) is 65.6 Å². The Labute approximate surface area is 197 Å². The Hall–Kier alpha value is -1.96. The maximum absolute atomic E-state index is 13.2. The van der Waals surface area contributed by atoms with E-state index in [0.717, 1.165) is 0 Å². The molecule has 0 unspecified atom stereocenters. The lowest BCUT2D eigenvalue weighted by atomic mass is 10.1. The zero-order chi connectivity index (χ0) is 22.6. The summed E-state index contributed by atoms with van der Waals surface area (Å²) in [4.78, 5) is 2.08. The maximum atomic E-state index is 13.2. The molecule has 0 bridgehead atoms. The highest BCUT2D eigenvalue weighted by Crippen LogP contribution is 2.34. The van der Waals surface area contributed by atoms with Crippen molar-refractivity contribution in [3.05, 3.63) is 75.7 Å². The van der Waals surface area contributed by atoms with Gasteiger partial charge in [-0.1, -0.05) is 59.1 Å². The molecule has 0 heterocycles. The molecular formula is C22H21Cl3N2O3S. The van der Waals surface area contributed by atoms with Crippen molar-refractivity contribution < 1.29 is 13.2 Å². The lowest BCUT2D eigenvalue weighted by Crippen LogP contribution is -2.19. The van der Waals surface area contributed by atoms with Crippen LogP contribution in [0.5, 0.6) is 5.75 Å². The van der Waals surface area contributed by atoms with E-state index in [-0.39, 0.29) is 4.90 Å². The molecule has 0 amide bonds. The normalized spacial score (nSPS) is 11.5. The van der Waals surface area contributed by atoms with E-state index in [1.807, 2.05) is 19.0 Å². The molecule has 0 aliphatic carbocycles. The number of nitrogens with zero attached hydrogens (tertiary/aromatic N) is 1. The Morgan fingerprint density at radius 2 is 1.61 bits per heavy atom. The summed E-state index contributed by atoms with van der Waals surface area (Å²) in [6.07, 6.45) is 0. The largest absolute Gasteiger partial charge is 0.491 e. The summed E-state index contributed by atoms with van der Waals surface area (Å²) in [7, 11) is -0.0488. The van der Waals surface area contributed by atoms with Gasteiger partial charge in [-0.05, 0) is 50.0 Å². The van der Waals surface area contributed by atoms with Gasteiger partial charge >= 0.3 is 0 Å². The van der Waals surface area contributed by atoms with Gasteiger partial charge in [-0.2, -0.15) is 0 Å². The second kappa shape index (κ2) is 10.1. The first-order chi connectivity index (χ1) is 14.7. The van der Waals surface area contributed by atoms with E-state index >= 15 is 0 Å². The average Bonchev–Trinajstić information content (AvgIpc) is 2.72. The number of anilines is 1. The Bertz CT molecular complexity index is 1180. The Morgan fingerprint density at radius 1 is 0.903 bits per heavy atom. The van der Waals surface area contributed by atoms with Crippen LogP contribution in [0.4, 0.5) is 5.69 Å². The molecule has 0 radical (unpaired) electrons. The summed E-state index contributed by atoms with van der Waals surface area (Å²) in [5.41, 5.74) is 1.48. The number of hydrogen-bond acceptors (Lipinski definition) is 4. The molecule has 1 N–H and O–H groups in total. The molecule has 0 spiro atoms. The fraction of sp³-hybridized carbons (Fsp3) is 0.182. The van der Waals surface area contributed by atoms with Crippen molar-refractivity contribution in [3.8, 4) is 16.9 Å². The molecule has 0 aliphatic heterocycles. The third-order valence-electron chi connectivity index (χ3n) is 4.39. The minimum Gasteiger partial charge on any atom is -0.491 e. The van der Waals surface area contributed by atoms with Gasteiger partial charge in [0, 0.05) is 18.2 Å². The van der Waals surface area contributed by atoms with Gasteiger partial charge in [0.05, 0.1) is 25.7 Å². The van der Waals surface area contributed by atoms with Crippen LogP contribution in [0.25, 0.3) is 11.1 Å². The van der Waals surface area contributed by atoms with Crippen molar-refractivity contribution in [1.82, 2.24) is 4.90 Å². The molecule has 0 aliphatic rings. The molecule has 0 fully saturated rings. The molecule has 3 aromatic rings. The number of benzene rings is 3. The fourth-order valence-corrected chi connectivity index (χ4v) is 4.58. The predicted molar refractivity (Wildman–Crippen MR) is 128 cm³/mol. The van der Waals surface area contributed by atoms with Crippen LogP contribution in [0.1, 0.15) is 0 Å². The third-order valence-corrected chi connectivity index (χ3v) is 6.88. The van der Waals surface area contributed by atoms with Crippen molar-refractivity contribution in [2.24, 2.45) is 0 Å². The first kappa shape index (κ1) is 23.7. The molecule has 164 valence electrons. The summed E-state index contributed by atoms with van der Waals surface area (Å²) in [5, 5.41) is 1.14. The fourth-order valence-electron chi connectivity index (χ4n) is 2.83. The summed E-state index contributed by atoms with van der Waals surface area (Å²) in [6, 6.07) is 16.4. The monoisotopic (exact) mass is 498 g/mol. The molecule has 3 rings (SSSR count). The minimum atomic E-state index is -3.91. The van der Waals surface area contributed by atoms with Crippen LogP contribution in [-0.2, 0) is 10.0 Å². The SMILES string of the molecule is CN(C)CCOc1cc(NS(=O)(=O)c2ccccc2-c2ccc(Cl)c(Cl)c2)ccc1Cl. The highest BCUT2D eigenvalue weighted by atomic mass is 35.5.